The first-order valence-corrected chi connectivity index (χ1v) is 9.72. The van der Waals surface area contributed by atoms with Gasteiger partial charge in [-0.1, -0.05) is 0 Å². The monoisotopic (exact) mass is 453 g/mol. The van der Waals surface area contributed by atoms with Crippen molar-refractivity contribution >= 4 is 35.5 Å². The van der Waals surface area contributed by atoms with Crippen LogP contribution in [-0.4, -0.2) is 61.3 Å². The van der Waals surface area contributed by atoms with Crippen LogP contribution in [0.2, 0.25) is 0 Å². The standard InChI is InChI=1S/C21H27NO10/c1-6-28-17-9-7-16(8-10-17)22-21(27)20(32-15(5)26)19(31-14(4)25)18(30-13(3)24)11-29-12(2)23/h7-10,18-20H,6,11H2,1-5H3,(H,22,27). The van der Waals surface area contributed by atoms with Crippen LogP contribution in [0, 0.1) is 0 Å². The highest BCUT2D eigenvalue weighted by atomic mass is 16.6. The Balaban J connectivity index is 3.23. The van der Waals surface area contributed by atoms with Crippen molar-refractivity contribution in [2.75, 3.05) is 18.5 Å². The third-order valence-corrected chi connectivity index (χ3v) is 3.72. The van der Waals surface area contributed by atoms with E-state index in [0.29, 0.717) is 18.0 Å². The first-order valence-electron chi connectivity index (χ1n) is 9.72. The van der Waals surface area contributed by atoms with Crippen LogP contribution in [0.1, 0.15) is 34.6 Å². The molecule has 0 heterocycles. The molecule has 0 fully saturated rings. The van der Waals surface area contributed by atoms with E-state index in [2.05, 4.69) is 5.32 Å². The molecule has 0 aliphatic rings. The maximum atomic E-state index is 13.0. The van der Waals surface area contributed by atoms with Crippen molar-refractivity contribution in [3.63, 3.8) is 0 Å². The van der Waals surface area contributed by atoms with Gasteiger partial charge in [-0.25, -0.2) is 0 Å². The molecule has 176 valence electrons. The van der Waals surface area contributed by atoms with Crippen LogP contribution in [0.5, 0.6) is 5.75 Å². The molecule has 0 saturated heterocycles. The number of nitrogens with one attached hydrogen (secondary N) is 1. The topological polar surface area (TPSA) is 144 Å². The minimum atomic E-state index is -1.72. The molecule has 11 nitrogen and oxygen atoms in total. The normalized spacial score (nSPS) is 13.0. The summed E-state index contributed by atoms with van der Waals surface area (Å²) in [7, 11) is 0. The van der Waals surface area contributed by atoms with E-state index < -0.39 is 54.7 Å². The molecule has 32 heavy (non-hydrogen) atoms. The van der Waals surface area contributed by atoms with Gasteiger partial charge in [0.25, 0.3) is 5.91 Å². The smallest absolute Gasteiger partial charge is 0.303 e. The second-order valence-corrected chi connectivity index (χ2v) is 6.50. The molecule has 0 aliphatic heterocycles. The second-order valence-electron chi connectivity index (χ2n) is 6.50. The SMILES string of the molecule is CCOc1ccc(NC(=O)C(OC(C)=O)C(OC(C)=O)C(COC(C)=O)OC(C)=O)cc1. The van der Waals surface area contributed by atoms with Gasteiger partial charge >= 0.3 is 23.9 Å². The van der Waals surface area contributed by atoms with E-state index in [-0.39, 0.29) is 0 Å². The van der Waals surface area contributed by atoms with Crippen molar-refractivity contribution < 1.29 is 47.7 Å². The Morgan fingerprint density at radius 2 is 1.38 bits per heavy atom. The number of benzene rings is 1. The van der Waals surface area contributed by atoms with Gasteiger partial charge < -0.3 is 29.0 Å². The van der Waals surface area contributed by atoms with Gasteiger partial charge in [-0.05, 0) is 31.2 Å². The Kier molecular flexibility index (Phi) is 10.7. The number of amides is 1. The Morgan fingerprint density at radius 1 is 0.812 bits per heavy atom. The van der Waals surface area contributed by atoms with Crippen LogP contribution >= 0.6 is 0 Å². The lowest BCUT2D eigenvalue weighted by Gasteiger charge is -2.30. The quantitative estimate of drug-likeness (QED) is 0.385. The average Bonchev–Trinajstić information content (AvgIpc) is 2.68. The van der Waals surface area contributed by atoms with E-state index in [1.54, 1.807) is 24.3 Å². The van der Waals surface area contributed by atoms with Gasteiger partial charge in [0.1, 0.15) is 12.4 Å². The summed E-state index contributed by atoms with van der Waals surface area (Å²) in [5, 5.41) is 2.53. The van der Waals surface area contributed by atoms with Gasteiger partial charge in [-0.2, -0.15) is 0 Å². The Hall–Kier alpha value is -3.63. The van der Waals surface area contributed by atoms with Crippen LogP contribution in [0.4, 0.5) is 5.69 Å². The maximum absolute atomic E-state index is 13.0. The van der Waals surface area contributed by atoms with E-state index >= 15 is 0 Å². The molecule has 3 unspecified atom stereocenters. The highest BCUT2D eigenvalue weighted by molar-refractivity contribution is 5.96. The number of carbonyl (C=O) groups excluding carboxylic acids is 5. The Morgan fingerprint density at radius 3 is 1.84 bits per heavy atom. The van der Waals surface area contributed by atoms with E-state index in [4.69, 9.17) is 23.7 Å². The summed E-state index contributed by atoms with van der Waals surface area (Å²) < 4.78 is 25.5. The molecular formula is C21H27NO10. The highest BCUT2D eigenvalue weighted by Crippen LogP contribution is 2.19. The van der Waals surface area contributed by atoms with E-state index in [9.17, 15) is 24.0 Å². The molecule has 1 rings (SSSR count). The van der Waals surface area contributed by atoms with Crippen LogP contribution in [0.25, 0.3) is 0 Å². The van der Waals surface area contributed by atoms with Crippen molar-refractivity contribution in [3.05, 3.63) is 24.3 Å². The summed E-state index contributed by atoms with van der Waals surface area (Å²) in [6.07, 6.45) is -4.74. The molecule has 0 aromatic heterocycles. The maximum Gasteiger partial charge on any atom is 0.303 e. The number of rotatable bonds is 11. The number of esters is 4. The number of hydrogen-bond donors (Lipinski definition) is 1. The summed E-state index contributed by atoms with van der Waals surface area (Å²) in [4.78, 5) is 59.1. The largest absolute Gasteiger partial charge is 0.494 e. The highest BCUT2D eigenvalue weighted by Gasteiger charge is 2.42. The first kappa shape index (κ1) is 26.4. The fraction of sp³-hybridized carbons (Fsp3) is 0.476. The van der Waals surface area contributed by atoms with Gasteiger partial charge in [0.15, 0.2) is 12.2 Å². The van der Waals surface area contributed by atoms with Crippen LogP contribution in [0.15, 0.2) is 24.3 Å². The fourth-order valence-electron chi connectivity index (χ4n) is 2.60. The molecule has 1 aromatic carbocycles. The van der Waals surface area contributed by atoms with Crippen molar-refractivity contribution in [1.82, 2.24) is 0 Å². The second kappa shape index (κ2) is 12.9. The Bertz CT molecular complexity index is 820. The number of carbonyl (C=O) groups is 5. The zero-order valence-electron chi connectivity index (χ0n) is 18.5. The molecule has 1 aromatic rings. The molecular weight excluding hydrogens is 426 g/mol. The fourth-order valence-corrected chi connectivity index (χ4v) is 2.60. The zero-order valence-corrected chi connectivity index (χ0v) is 18.5. The molecule has 3 atom stereocenters. The Labute approximate surface area is 185 Å². The van der Waals surface area contributed by atoms with E-state index in [1.165, 1.54) is 0 Å². The molecule has 0 bridgehead atoms. The third kappa shape index (κ3) is 9.45. The molecule has 11 heteroatoms. The van der Waals surface area contributed by atoms with Crippen molar-refractivity contribution in [2.45, 2.75) is 52.9 Å². The molecule has 1 N–H and O–H groups in total. The minimum absolute atomic E-state index is 0.334. The predicted molar refractivity (Wildman–Crippen MR) is 110 cm³/mol. The average molecular weight is 453 g/mol. The zero-order chi connectivity index (χ0) is 24.3. The lowest BCUT2D eigenvalue weighted by atomic mass is 10.1. The first-order chi connectivity index (χ1) is 15.0. The molecule has 0 saturated carbocycles. The van der Waals surface area contributed by atoms with Crippen molar-refractivity contribution in [3.8, 4) is 5.75 Å². The summed E-state index contributed by atoms with van der Waals surface area (Å²) >= 11 is 0. The number of ether oxygens (including phenoxy) is 5. The van der Waals surface area contributed by atoms with Crippen molar-refractivity contribution in [2.24, 2.45) is 0 Å². The van der Waals surface area contributed by atoms with Gasteiger partial charge in [0, 0.05) is 33.4 Å². The number of hydrogen-bond acceptors (Lipinski definition) is 10. The number of anilines is 1. The van der Waals surface area contributed by atoms with Crippen LogP contribution in [-0.2, 0) is 42.9 Å². The van der Waals surface area contributed by atoms with Crippen LogP contribution in [0.3, 0.4) is 0 Å². The van der Waals surface area contributed by atoms with Crippen LogP contribution < -0.4 is 10.1 Å². The third-order valence-electron chi connectivity index (χ3n) is 3.72. The minimum Gasteiger partial charge on any atom is -0.494 e. The summed E-state index contributed by atoms with van der Waals surface area (Å²) in [6, 6.07) is 6.34. The molecule has 1 amide bonds. The predicted octanol–water partition coefficient (Wildman–Crippen LogP) is 1.38. The molecule has 0 radical (unpaired) electrons. The van der Waals surface area contributed by atoms with Gasteiger partial charge in [-0.3, -0.25) is 24.0 Å². The molecule has 0 aliphatic carbocycles. The summed E-state index contributed by atoms with van der Waals surface area (Å²) in [5.41, 5.74) is 0.334. The van der Waals surface area contributed by atoms with Crippen molar-refractivity contribution in [1.29, 1.82) is 0 Å². The van der Waals surface area contributed by atoms with E-state index in [0.717, 1.165) is 27.7 Å². The summed E-state index contributed by atoms with van der Waals surface area (Å²) in [6.45, 7) is 6.04. The van der Waals surface area contributed by atoms with Gasteiger partial charge in [0.05, 0.1) is 6.61 Å². The van der Waals surface area contributed by atoms with E-state index in [1.807, 2.05) is 6.92 Å². The lowest BCUT2D eigenvalue weighted by molar-refractivity contribution is -0.190. The lowest BCUT2D eigenvalue weighted by Crippen LogP contribution is -2.52. The molecule has 0 spiro atoms. The van der Waals surface area contributed by atoms with Gasteiger partial charge in [0.2, 0.25) is 6.10 Å². The van der Waals surface area contributed by atoms with Gasteiger partial charge in [-0.15, -0.1) is 0 Å². The summed E-state index contributed by atoms with van der Waals surface area (Å²) in [5.74, 6) is -3.49.